The van der Waals surface area contributed by atoms with Crippen molar-refractivity contribution < 1.29 is 4.42 Å². The van der Waals surface area contributed by atoms with E-state index in [-0.39, 0.29) is 0 Å². The lowest BCUT2D eigenvalue weighted by Gasteiger charge is -2.00. The number of nitrogens with one attached hydrogen (secondary N) is 1. The normalized spacial score (nSPS) is 11.1. The fourth-order valence-electron chi connectivity index (χ4n) is 2.49. The van der Waals surface area contributed by atoms with Gasteiger partial charge in [-0.05, 0) is 26.4 Å². The minimum Gasteiger partial charge on any atom is -0.425 e. The minimum absolute atomic E-state index is 0.788. The van der Waals surface area contributed by atoms with Crippen molar-refractivity contribution in [3.05, 3.63) is 11.8 Å². The molecule has 0 aliphatic heterocycles. The standard InChI is InChI=1S/C17H33N3O/c1-3-4-5-6-7-8-9-10-11-13-16-19-20-17(21-16)14-12-15-18-2/h18H,3-15H2,1-2H3. The van der Waals surface area contributed by atoms with E-state index in [1.165, 1.54) is 57.8 Å². The van der Waals surface area contributed by atoms with Gasteiger partial charge in [0.15, 0.2) is 0 Å². The maximum absolute atomic E-state index is 5.65. The van der Waals surface area contributed by atoms with Crippen LogP contribution in [0.2, 0.25) is 0 Å². The second kappa shape index (κ2) is 12.8. The summed E-state index contributed by atoms with van der Waals surface area (Å²) >= 11 is 0. The number of nitrogens with zero attached hydrogens (tertiary/aromatic N) is 2. The maximum Gasteiger partial charge on any atom is 0.216 e. The van der Waals surface area contributed by atoms with Crippen LogP contribution >= 0.6 is 0 Å². The van der Waals surface area contributed by atoms with Gasteiger partial charge in [-0.1, -0.05) is 58.3 Å². The third-order valence-corrected chi connectivity index (χ3v) is 3.82. The Hall–Kier alpha value is -0.900. The van der Waals surface area contributed by atoms with E-state index in [9.17, 15) is 0 Å². The first-order valence-corrected chi connectivity index (χ1v) is 8.82. The van der Waals surface area contributed by atoms with E-state index in [4.69, 9.17) is 4.42 Å². The predicted molar refractivity (Wildman–Crippen MR) is 87.5 cm³/mol. The van der Waals surface area contributed by atoms with Crippen LogP contribution in [0.1, 0.15) is 82.9 Å². The van der Waals surface area contributed by atoms with Crippen LogP contribution in [0.15, 0.2) is 4.42 Å². The molecule has 0 unspecified atom stereocenters. The molecule has 1 rings (SSSR count). The largest absolute Gasteiger partial charge is 0.425 e. The summed E-state index contributed by atoms with van der Waals surface area (Å²) in [4.78, 5) is 0. The smallest absolute Gasteiger partial charge is 0.216 e. The van der Waals surface area contributed by atoms with Crippen molar-refractivity contribution in [1.82, 2.24) is 15.5 Å². The van der Waals surface area contributed by atoms with Crippen molar-refractivity contribution in [3.8, 4) is 0 Å². The first-order valence-electron chi connectivity index (χ1n) is 8.82. The van der Waals surface area contributed by atoms with E-state index in [2.05, 4.69) is 22.4 Å². The summed E-state index contributed by atoms with van der Waals surface area (Å²) in [6, 6.07) is 0. The molecule has 0 bridgehead atoms. The summed E-state index contributed by atoms with van der Waals surface area (Å²) < 4.78 is 5.65. The van der Waals surface area contributed by atoms with Gasteiger partial charge in [0, 0.05) is 12.8 Å². The zero-order valence-electron chi connectivity index (χ0n) is 14.0. The van der Waals surface area contributed by atoms with Crippen molar-refractivity contribution >= 4 is 0 Å². The number of unbranched alkanes of at least 4 members (excludes halogenated alkanes) is 8. The lowest BCUT2D eigenvalue weighted by Crippen LogP contribution is -2.08. The number of hydrogen-bond acceptors (Lipinski definition) is 4. The average molecular weight is 295 g/mol. The summed E-state index contributed by atoms with van der Waals surface area (Å²) in [6.45, 7) is 3.26. The van der Waals surface area contributed by atoms with Gasteiger partial charge in [0.05, 0.1) is 0 Å². The van der Waals surface area contributed by atoms with Crippen LogP contribution < -0.4 is 5.32 Å². The zero-order valence-corrected chi connectivity index (χ0v) is 14.0. The maximum atomic E-state index is 5.65. The molecule has 0 atom stereocenters. The van der Waals surface area contributed by atoms with Crippen LogP contribution in [0.4, 0.5) is 0 Å². The van der Waals surface area contributed by atoms with Crippen LogP contribution in [0.3, 0.4) is 0 Å². The molecule has 1 aromatic rings. The topological polar surface area (TPSA) is 51.0 Å². The third kappa shape index (κ3) is 9.62. The van der Waals surface area contributed by atoms with Gasteiger partial charge in [-0.3, -0.25) is 0 Å². The number of rotatable bonds is 14. The Morgan fingerprint density at radius 2 is 1.29 bits per heavy atom. The van der Waals surface area contributed by atoms with Gasteiger partial charge in [-0.2, -0.15) is 0 Å². The Morgan fingerprint density at radius 1 is 0.762 bits per heavy atom. The summed E-state index contributed by atoms with van der Waals surface area (Å²) in [5, 5.41) is 11.4. The molecule has 4 heteroatoms. The lowest BCUT2D eigenvalue weighted by atomic mass is 10.1. The summed E-state index contributed by atoms with van der Waals surface area (Å²) in [5.74, 6) is 1.61. The molecule has 1 aromatic heterocycles. The molecule has 21 heavy (non-hydrogen) atoms. The Morgan fingerprint density at radius 3 is 1.86 bits per heavy atom. The number of aromatic nitrogens is 2. The van der Waals surface area contributed by atoms with E-state index in [0.717, 1.165) is 37.6 Å². The fourth-order valence-corrected chi connectivity index (χ4v) is 2.49. The summed E-state index contributed by atoms with van der Waals surface area (Å²) in [7, 11) is 1.96. The molecule has 0 radical (unpaired) electrons. The average Bonchev–Trinajstić information content (AvgIpc) is 2.94. The van der Waals surface area contributed by atoms with E-state index >= 15 is 0 Å². The molecule has 0 saturated carbocycles. The lowest BCUT2D eigenvalue weighted by molar-refractivity contribution is 0.434. The second-order valence-corrected chi connectivity index (χ2v) is 5.88. The molecule has 1 N–H and O–H groups in total. The van der Waals surface area contributed by atoms with Gasteiger partial charge in [0.25, 0.3) is 0 Å². The van der Waals surface area contributed by atoms with Crippen molar-refractivity contribution in [2.45, 2.75) is 84.0 Å². The first kappa shape index (κ1) is 18.1. The van der Waals surface area contributed by atoms with Crippen molar-refractivity contribution in [3.63, 3.8) is 0 Å². The molecule has 0 spiro atoms. The molecule has 0 saturated heterocycles. The van der Waals surface area contributed by atoms with Crippen LogP contribution in [-0.2, 0) is 12.8 Å². The van der Waals surface area contributed by atoms with Crippen molar-refractivity contribution in [2.75, 3.05) is 13.6 Å². The zero-order chi connectivity index (χ0) is 15.2. The second-order valence-electron chi connectivity index (χ2n) is 5.88. The van der Waals surface area contributed by atoms with Gasteiger partial charge < -0.3 is 9.73 Å². The van der Waals surface area contributed by atoms with Gasteiger partial charge in [0.2, 0.25) is 11.8 Å². The van der Waals surface area contributed by atoms with Gasteiger partial charge in [-0.15, -0.1) is 10.2 Å². The van der Waals surface area contributed by atoms with E-state index < -0.39 is 0 Å². The van der Waals surface area contributed by atoms with Crippen LogP contribution in [-0.4, -0.2) is 23.8 Å². The number of aryl methyl sites for hydroxylation is 2. The van der Waals surface area contributed by atoms with Crippen molar-refractivity contribution in [1.29, 1.82) is 0 Å². The van der Waals surface area contributed by atoms with Gasteiger partial charge >= 0.3 is 0 Å². The SMILES string of the molecule is CCCCCCCCCCCc1nnc(CCCNC)o1. The molecular weight excluding hydrogens is 262 g/mol. The molecule has 4 nitrogen and oxygen atoms in total. The van der Waals surface area contributed by atoms with Crippen LogP contribution in [0, 0.1) is 0 Å². The Kier molecular flexibility index (Phi) is 11.1. The van der Waals surface area contributed by atoms with Crippen LogP contribution in [0.25, 0.3) is 0 Å². The van der Waals surface area contributed by atoms with Crippen LogP contribution in [0.5, 0.6) is 0 Å². The van der Waals surface area contributed by atoms with E-state index in [1.54, 1.807) is 0 Å². The Labute approximate surface area is 130 Å². The summed E-state index contributed by atoms with van der Waals surface area (Å²) in [5.41, 5.74) is 0. The highest BCUT2D eigenvalue weighted by Crippen LogP contribution is 2.12. The minimum atomic E-state index is 0.788. The molecule has 0 aromatic carbocycles. The highest BCUT2D eigenvalue weighted by Gasteiger charge is 2.05. The molecule has 122 valence electrons. The monoisotopic (exact) mass is 295 g/mol. The quantitative estimate of drug-likeness (QED) is 0.520. The molecule has 0 aliphatic carbocycles. The van der Waals surface area contributed by atoms with Gasteiger partial charge in [0.1, 0.15) is 0 Å². The van der Waals surface area contributed by atoms with Gasteiger partial charge in [-0.25, -0.2) is 0 Å². The predicted octanol–water partition coefficient (Wildman–Crippen LogP) is 4.29. The van der Waals surface area contributed by atoms with E-state index in [0.29, 0.717) is 0 Å². The highest BCUT2D eigenvalue weighted by atomic mass is 16.4. The highest BCUT2D eigenvalue weighted by molar-refractivity contribution is 4.82. The number of hydrogen-bond donors (Lipinski definition) is 1. The first-order chi connectivity index (χ1) is 10.4. The Bertz CT molecular complexity index is 339. The van der Waals surface area contributed by atoms with Crippen molar-refractivity contribution in [2.24, 2.45) is 0 Å². The Balaban J connectivity index is 1.95. The molecule has 0 aliphatic rings. The van der Waals surface area contributed by atoms with E-state index in [1.807, 2.05) is 7.05 Å². The molecule has 1 heterocycles. The molecule has 0 amide bonds. The third-order valence-electron chi connectivity index (χ3n) is 3.82. The molecule has 0 fully saturated rings. The molecular formula is C17H33N3O. The fraction of sp³-hybridized carbons (Fsp3) is 0.882. The summed E-state index contributed by atoms with van der Waals surface area (Å²) in [6.07, 6.45) is 15.0.